The number of halogens is 1. The topological polar surface area (TPSA) is 110 Å². The van der Waals surface area contributed by atoms with Gasteiger partial charge in [0.2, 0.25) is 0 Å². The number of carbonyl (C=O) groups excluding carboxylic acids is 3. The number of aromatic nitrogens is 4. The zero-order valence-electron chi connectivity index (χ0n) is 24.2. The fourth-order valence-corrected chi connectivity index (χ4v) is 5.05. The number of rotatable bonds is 5. The molecule has 0 saturated carbocycles. The van der Waals surface area contributed by atoms with E-state index in [0.29, 0.717) is 16.7 Å². The number of amides is 2. The molecule has 2 aliphatic rings. The van der Waals surface area contributed by atoms with Gasteiger partial charge in [0.05, 0.1) is 42.2 Å². The minimum atomic E-state index is -1.88. The first-order valence-corrected chi connectivity index (χ1v) is 13.1. The third-order valence-electron chi connectivity index (χ3n) is 6.96. The molecule has 6 rings (SSSR count). The Balaban J connectivity index is 1.37. The van der Waals surface area contributed by atoms with Crippen molar-refractivity contribution in [2.24, 2.45) is 0 Å². The summed E-state index contributed by atoms with van der Waals surface area (Å²) in [6.45, 7) is 1.57. The highest BCUT2D eigenvalue weighted by Crippen LogP contribution is 2.37. The number of ether oxygens (including phenoxy) is 1. The molecule has 5 heterocycles. The van der Waals surface area contributed by atoms with E-state index in [1.807, 2.05) is 0 Å². The van der Waals surface area contributed by atoms with Gasteiger partial charge in [0.25, 0.3) is 11.8 Å². The van der Waals surface area contributed by atoms with Gasteiger partial charge in [-0.25, -0.2) is 23.7 Å². The first kappa shape index (κ1) is 23.7. The lowest BCUT2D eigenvalue weighted by molar-refractivity contribution is 0.0527. The predicted octanol–water partition coefficient (Wildman–Crippen LogP) is 3.82. The molecule has 1 unspecified atom stereocenters. The molecule has 2 atom stereocenters. The number of benzene rings is 1. The van der Waals surface area contributed by atoms with Crippen molar-refractivity contribution in [3.8, 4) is 11.8 Å². The largest absolute Gasteiger partial charge is 0.462 e. The van der Waals surface area contributed by atoms with Gasteiger partial charge in [0, 0.05) is 21.0 Å². The number of hydrogen-bond acceptors (Lipinski definition) is 8. The van der Waals surface area contributed by atoms with Crippen LogP contribution in [0.15, 0.2) is 55.0 Å². The van der Waals surface area contributed by atoms with Crippen LogP contribution in [-0.2, 0) is 4.74 Å². The summed E-state index contributed by atoms with van der Waals surface area (Å²) in [6.07, 6.45) is 4.29. The number of imide groups is 1. The standard InChI is InChI=1S/C30H25FN6O4/c1-3-41-30(40)23-17-33-36-14-12-26(34-27(23)36)35-13-6-9-25(35)22-15-19(31)16-32-24(22)11-10-18(2)37-28(38)20-7-4-5-8-21(20)29(37)39/h4-5,7-8,12,14-18,25H,3,6,9,13H2,1-2H3/t18-,25?/m1/s1/i13D2. The number of nitrogens with zero attached hydrogens (tertiary/aromatic N) is 6. The number of fused-ring (bicyclic) bond motifs is 2. The Bertz CT molecular complexity index is 1830. The molecule has 3 aromatic heterocycles. The Labute approximate surface area is 237 Å². The highest BCUT2D eigenvalue weighted by atomic mass is 19.1. The molecule has 11 heteroatoms. The lowest BCUT2D eigenvalue weighted by Crippen LogP contribution is -2.37. The zero-order valence-corrected chi connectivity index (χ0v) is 22.2. The van der Waals surface area contributed by atoms with Crippen LogP contribution < -0.4 is 4.90 Å². The average molecular weight is 555 g/mol. The van der Waals surface area contributed by atoms with Crippen molar-refractivity contribution < 1.29 is 26.3 Å². The second kappa shape index (κ2) is 10.5. The van der Waals surface area contributed by atoms with E-state index in [1.165, 1.54) is 21.7 Å². The van der Waals surface area contributed by atoms with Gasteiger partial charge in [-0.15, -0.1) is 0 Å². The van der Waals surface area contributed by atoms with Gasteiger partial charge < -0.3 is 9.64 Å². The van der Waals surface area contributed by atoms with E-state index in [1.54, 1.807) is 50.4 Å². The molecule has 206 valence electrons. The molecule has 0 aliphatic carbocycles. The second-order valence-electron chi connectivity index (χ2n) is 9.48. The van der Waals surface area contributed by atoms with Gasteiger partial charge in [-0.3, -0.25) is 14.5 Å². The molecule has 2 amide bonds. The van der Waals surface area contributed by atoms with E-state index >= 15 is 0 Å². The van der Waals surface area contributed by atoms with E-state index in [4.69, 9.17) is 7.48 Å². The average Bonchev–Trinajstić information content (AvgIpc) is 3.63. The molecule has 10 nitrogen and oxygen atoms in total. The molecule has 0 radical (unpaired) electrons. The van der Waals surface area contributed by atoms with Crippen LogP contribution in [0.4, 0.5) is 10.2 Å². The van der Waals surface area contributed by atoms with Crippen LogP contribution in [0, 0.1) is 17.7 Å². The molecule has 4 aromatic rings. The smallest absolute Gasteiger partial charge is 0.343 e. The fourth-order valence-electron chi connectivity index (χ4n) is 5.05. The number of pyridine rings is 1. The predicted molar refractivity (Wildman–Crippen MR) is 146 cm³/mol. The van der Waals surface area contributed by atoms with Crippen LogP contribution in [0.3, 0.4) is 0 Å². The first-order chi connectivity index (χ1) is 20.6. The third kappa shape index (κ3) is 4.57. The first-order valence-electron chi connectivity index (χ1n) is 14.1. The third-order valence-corrected chi connectivity index (χ3v) is 6.96. The summed E-state index contributed by atoms with van der Waals surface area (Å²) in [4.78, 5) is 49.5. The van der Waals surface area contributed by atoms with Gasteiger partial charge in [-0.2, -0.15) is 5.10 Å². The van der Waals surface area contributed by atoms with Crippen LogP contribution in [0.5, 0.6) is 0 Å². The molecule has 1 saturated heterocycles. The quantitative estimate of drug-likeness (QED) is 0.208. The molecule has 0 bridgehead atoms. The Morgan fingerprint density at radius 2 is 1.98 bits per heavy atom. The van der Waals surface area contributed by atoms with Crippen LogP contribution in [0.2, 0.25) is 0 Å². The summed E-state index contributed by atoms with van der Waals surface area (Å²) in [5.74, 6) is 3.87. The normalized spacial score (nSPS) is 19.0. The van der Waals surface area contributed by atoms with Crippen molar-refractivity contribution in [2.75, 3.05) is 18.0 Å². The van der Waals surface area contributed by atoms with Gasteiger partial charge in [0.1, 0.15) is 22.9 Å². The van der Waals surface area contributed by atoms with Gasteiger partial charge in [-0.1, -0.05) is 18.1 Å². The molecular weight excluding hydrogens is 527 g/mol. The number of anilines is 1. The maximum atomic E-state index is 14.6. The minimum absolute atomic E-state index is 0.101. The molecule has 41 heavy (non-hydrogen) atoms. The van der Waals surface area contributed by atoms with E-state index in [-0.39, 0.29) is 42.2 Å². The summed E-state index contributed by atoms with van der Waals surface area (Å²) in [5.41, 5.74) is 1.42. The molecule has 0 spiro atoms. The lowest BCUT2D eigenvalue weighted by Gasteiger charge is -2.26. The van der Waals surface area contributed by atoms with Gasteiger partial charge in [-0.05, 0) is 56.9 Å². The van der Waals surface area contributed by atoms with Crippen LogP contribution >= 0.6 is 0 Å². The fraction of sp³-hybridized carbons (Fsp3) is 0.267. The molecular formula is C30H25FN6O4. The number of carbonyl (C=O) groups is 3. The Hall–Kier alpha value is -5.11. The molecule has 0 N–H and O–H groups in total. The van der Waals surface area contributed by atoms with Crippen molar-refractivity contribution >= 4 is 29.2 Å². The summed E-state index contributed by atoms with van der Waals surface area (Å²) >= 11 is 0. The molecule has 1 aromatic carbocycles. The maximum absolute atomic E-state index is 14.6. The summed E-state index contributed by atoms with van der Waals surface area (Å²) in [7, 11) is 0. The van der Waals surface area contributed by atoms with Crippen LogP contribution in [0.1, 0.15) is 77.8 Å². The Kier molecular flexibility index (Phi) is 6.06. The summed E-state index contributed by atoms with van der Waals surface area (Å²) in [5, 5.41) is 4.14. The van der Waals surface area contributed by atoms with Crippen molar-refractivity contribution in [2.45, 2.75) is 38.8 Å². The summed E-state index contributed by atoms with van der Waals surface area (Å²) in [6, 6.07) is 7.82. The highest BCUT2D eigenvalue weighted by Gasteiger charge is 2.38. The van der Waals surface area contributed by atoms with E-state index < -0.39 is 42.2 Å². The number of esters is 1. The van der Waals surface area contributed by atoms with E-state index in [0.717, 1.165) is 11.1 Å². The minimum Gasteiger partial charge on any atom is -0.462 e. The molecule has 2 aliphatic heterocycles. The SMILES string of the molecule is [2H]C1([2H])CCC(c2cc(F)cnc2C#C[C@@H](C)N2C(=O)c3ccccc3C2=O)N1c1ccn2ncc(C(=O)OCC)c2n1. The lowest BCUT2D eigenvalue weighted by atomic mass is 10.0. The van der Waals surface area contributed by atoms with Crippen molar-refractivity contribution in [1.82, 2.24) is 24.5 Å². The highest BCUT2D eigenvalue weighted by molar-refractivity contribution is 6.21. The number of hydrogen-bond donors (Lipinski definition) is 0. The molecule has 1 fully saturated rings. The Morgan fingerprint density at radius 3 is 2.71 bits per heavy atom. The maximum Gasteiger partial charge on any atom is 0.343 e. The second-order valence-corrected chi connectivity index (χ2v) is 9.48. The zero-order chi connectivity index (χ0) is 30.5. The van der Waals surface area contributed by atoms with Crippen LogP contribution in [-0.4, -0.2) is 61.4 Å². The summed E-state index contributed by atoms with van der Waals surface area (Å²) < 4.78 is 38.6. The van der Waals surface area contributed by atoms with Crippen molar-refractivity contribution in [3.05, 3.63) is 88.8 Å². The van der Waals surface area contributed by atoms with E-state index in [9.17, 15) is 18.8 Å². The van der Waals surface area contributed by atoms with Crippen LogP contribution in [0.25, 0.3) is 5.65 Å². The van der Waals surface area contributed by atoms with Gasteiger partial charge >= 0.3 is 5.97 Å². The van der Waals surface area contributed by atoms with Crippen molar-refractivity contribution in [3.63, 3.8) is 0 Å². The van der Waals surface area contributed by atoms with Crippen molar-refractivity contribution in [1.29, 1.82) is 0 Å². The van der Waals surface area contributed by atoms with Gasteiger partial charge in [0.15, 0.2) is 5.65 Å². The Morgan fingerprint density at radius 1 is 1.22 bits per heavy atom. The monoisotopic (exact) mass is 554 g/mol. The van der Waals surface area contributed by atoms with E-state index in [2.05, 4.69) is 26.9 Å².